The maximum Gasteiger partial charge on any atom is 0.311 e. The third-order valence-corrected chi connectivity index (χ3v) is 6.78. The van der Waals surface area contributed by atoms with E-state index in [2.05, 4.69) is 15.9 Å². The van der Waals surface area contributed by atoms with Crippen LogP contribution in [0.1, 0.15) is 11.3 Å². The molecule has 94 valence electrons. The lowest BCUT2D eigenvalue weighted by molar-refractivity contribution is -0.147. The standard InChI is InChI=1S/C10H11BrO4S2/c11-7-1-3-16-8(7)5-10(9(12)13)2-4-17(14,15)6-10/h1,3H,2,4-6H2,(H,12,13). The molecule has 0 bridgehead atoms. The number of hydrogen-bond donors (Lipinski definition) is 1. The summed E-state index contributed by atoms with van der Waals surface area (Å²) >= 11 is 4.79. The normalized spacial score (nSPS) is 27.1. The van der Waals surface area contributed by atoms with E-state index in [9.17, 15) is 18.3 Å². The molecule has 1 aromatic heterocycles. The van der Waals surface area contributed by atoms with Crippen LogP contribution in [0, 0.1) is 5.41 Å². The number of carbonyl (C=O) groups is 1. The van der Waals surface area contributed by atoms with Gasteiger partial charge in [-0.1, -0.05) is 0 Å². The smallest absolute Gasteiger partial charge is 0.311 e. The molecule has 7 heteroatoms. The zero-order valence-corrected chi connectivity index (χ0v) is 12.1. The summed E-state index contributed by atoms with van der Waals surface area (Å²) in [7, 11) is -3.21. The Kier molecular flexibility index (Phi) is 3.35. The molecule has 0 aromatic carbocycles. The summed E-state index contributed by atoms with van der Waals surface area (Å²) in [5.41, 5.74) is -1.15. The van der Waals surface area contributed by atoms with E-state index in [1.807, 2.05) is 11.4 Å². The summed E-state index contributed by atoms with van der Waals surface area (Å²) in [5, 5.41) is 11.2. The van der Waals surface area contributed by atoms with E-state index < -0.39 is 21.2 Å². The molecule has 2 rings (SSSR count). The second-order valence-electron chi connectivity index (χ2n) is 4.30. The lowest BCUT2D eigenvalue weighted by atomic mass is 9.83. The topological polar surface area (TPSA) is 71.4 Å². The molecule has 1 aromatic rings. The molecule has 1 saturated heterocycles. The predicted octanol–water partition coefficient (Wildman–Crippen LogP) is 1.94. The van der Waals surface area contributed by atoms with E-state index >= 15 is 0 Å². The van der Waals surface area contributed by atoms with Crippen LogP contribution in [0.4, 0.5) is 0 Å². The van der Waals surface area contributed by atoms with Gasteiger partial charge in [-0.05, 0) is 40.2 Å². The molecule has 4 nitrogen and oxygen atoms in total. The van der Waals surface area contributed by atoms with Crippen LogP contribution in [0.25, 0.3) is 0 Å². The molecule has 0 amide bonds. The van der Waals surface area contributed by atoms with Crippen LogP contribution in [0.2, 0.25) is 0 Å². The summed E-state index contributed by atoms with van der Waals surface area (Å²) < 4.78 is 23.8. The van der Waals surface area contributed by atoms with E-state index in [0.717, 1.165) is 9.35 Å². The lowest BCUT2D eigenvalue weighted by Crippen LogP contribution is -2.34. The van der Waals surface area contributed by atoms with Gasteiger partial charge in [0.05, 0.1) is 16.9 Å². The van der Waals surface area contributed by atoms with Crippen molar-refractivity contribution in [1.82, 2.24) is 0 Å². The number of thiophene rings is 1. The summed E-state index contributed by atoms with van der Waals surface area (Å²) in [4.78, 5) is 12.3. The first-order chi connectivity index (χ1) is 7.85. The van der Waals surface area contributed by atoms with Crippen molar-refractivity contribution in [2.75, 3.05) is 11.5 Å². The lowest BCUT2D eigenvalue weighted by Gasteiger charge is -2.21. The van der Waals surface area contributed by atoms with E-state index in [0.29, 0.717) is 0 Å². The molecule has 0 spiro atoms. The van der Waals surface area contributed by atoms with Crippen molar-refractivity contribution in [1.29, 1.82) is 0 Å². The van der Waals surface area contributed by atoms with Crippen molar-refractivity contribution >= 4 is 43.1 Å². The fraction of sp³-hybridized carbons (Fsp3) is 0.500. The van der Waals surface area contributed by atoms with Crippen molar-refractivity contribution in [3.8, 4) is 0 Å². The number of carboxylic acid groups (broad SMARTS) is 1. The van der Waals surface area contributed by atoms with Gasteiger partial charge in [-0.3, -0.25) is 4.79 Å². The minimum atomic E-state index is -3.21. The molecular weight excluding hydrogens is 328 g/mol. The minimum absolute atomic E-state index is 0.0255. The van der Waals surface area contributed by atoms with Crippen molar-refractivity contribution in [2.24, 2.45) is 5.41 Å². The Morgan fingerprint density at radius 2 is 2.29 bits per heavy atom. The Morgan fingerprint density at radius 3 is 2.71 bits per heavy atom. The Balaban J connectivity index is 2.32. The highest BCUT2D eigenvalue weighted by molar-refractivity contribution is 9.10. The number of aliphatic carboxylic acids is 1. The highest BCUT2D eigenvalue weighted by Gasteiger charge is 2.48. The fourth-order valence-electron chi connectivity index (χ4n) is 2.06. The maximum absolute atomic E-state index is 11.5. The van der Waals surface area contributed by atoms with Gasteiger partial charge in [0.15, 0.2) is 9.84 Å². The third kappa shape index (κ3) is 2.56. The molecule has 1 aliphatic rings. The minimum Gasteiger partial charge on any atom is -0.481 e. The third-order valence-electron chi connectivity index (χ3n) is 3.03. The van der Waals surface area contributed by atoms with Gasteiger partial charge < -0.3 is 5.11 Å². The predicted molar refractivity (Wildman–Crippen MR) is 69.1 cm³/mol. The molecule has 0 radical (unpaired) electrons. The monoisotopic (exact) mass is 338 g/mol. The maximum atomic E-state index is 11.5. The van der Waals surface area contributed by atoms with Crippen LogP contribution in [0.3, 0.4) is 0 Å². The van der Waals surface area contributed by atoms with Gasteiger partial charge in [-0.15, -0.1) is 11.3 Å². The first-order valence-corrected chi connectivity index (χ1v) is 8.50. The van der Waals surface area contributed by atoms with Gasteiger partial charge >= 0.3 is 5.97 Å². The second-order valence-corrected chi connectivity index (χ2v) is 8.34. The zero-order valence-electron chi connectivity index (χ0n) is 8.85. The average Bonchev–Trinajstić information content (AvgIpc) is 2.73. The van der Waals surface area contributed by atoms with Crippen LogP contribution >= 0.6 is 27.3 Å². The van der Waals surface area contributed by atoms with E-state index in [4.69, 9.17) is 0 Å². The van der Waals surface area contributed by atoms with Crippen molar-refractivity contribution < 1.29 is 18.3 Å². The van der Waals surface area contributed by atoms with Crippen LogP contribution in [0.15, 0.2) is 15.9 Å². The molecule has 0 saturated carbocycles. The molecular formula is C10H11BrO4S2. The molecule has 1 aliphatic heterocycles. The van der Waals surface area contributed by atoms with Crippen LogP contribution in [-0.4, -0.2) is 31.0 Å². The SMILES string of the molecule is O=C(O)C1(Cc2sccc2Br)CCS(=O)(=O)C1. The van der Waals surface area contributed by atoms with E-state index in [1.54, 1.807) is 0 Å². The first-order valence-electron chi connectivity index (χ1n) is 5.00. The second kappa shape index (κ2) is 4.37. The largest absolute Gasteiger partial charge is 0.481 e. The Hall–Kier alpha value is -0.400. The van der Waals surface area contributed by atoms with Crippen molar-refractivity contribution in [3.63, 3.8) is 0 Å². The van der Waals surface area contributed by atoms with Crippen LogP contribution in [0.5, 0.6) is 0 Å². The van der Waals surface area contributed by atoms with Gasteiger partial charge in [0.2, 0.25) is 0 Å². The molecule has 2 heterocycles. The van der Waals surface area contributed by atoms with Gasteiger partial charge in [-0.2, -0.15) is 0 Å². The number of rotatable bonds is 3. The van der Waals surface area contributed by atoms with Crippen molar-refractivity contribution in [2.45, 2.75) is 12.8 Å². The number of carboxylic acids is 1. The number of sulfone groups is 1. The van der Waals surface area contributed by atoms with Gasteiger partial charge in [0, 0.05) is 9.35 Å². The van der Waals surface area contributed by atoms with Crippen molar-refractivity contribution in [3.05, 3.63) is 20.8 Å². The quantitative estimate of drug-likeness (QED) is 0.914. The molecule has 0 aliphatic carbocycles. The average molecular weight is 339 g/mol. The molecule has 1 N–H and O–H groups in total. The number of halogens is 1. The van der Waals surface area contributed by atoms with Gasteiger partial charge in [0.25, 0.3) is 0 Å². The number of hydrogen-bond acceptors (Lipinski definition) is 4. The Morgan fingerprint density at radius 1 is 1.59 bits per heavy atom. The van der Waals surface area contributed by atoms with E-state index in [1.165, 1.54) is 11.3 Å². The highest BCUT2D eigenvalue weighted by atomic mass is 79.9. The van der Waals surface area contributed by atoms with E-state index in [-0.39, 0.29) is 24.3 Å². The van der Waals surface area contributed by atoms with Gasteiger partial charge in [0.1, 0.15) is 0 Å². The summed E-state index contributed by atoms with van der Waals surface area (Å²) in [6, 6.07) is 1.85. The zero-order chi connectivity index (χ0) is 12.7. The molecule has 1 atom stereocenters. The molecule has 17 heavy (non-hydrogen) atoms. The fourth-order valence-corrected chi connectivity index (χ4v) is 5.75. The Labute approximate surface area is 112 Å². The summed E-state index contributed by atoms with van der Waals surface area (Å²) in [5.74, 6) is -1.29. The van der Waals surface area contributed by atoms with Gasteiger partial charge in [-0.25, -0.2) is 8.42 Å². The molecule has 1 fully saturated rings. The molecule has 1 unspecified atom stereocenters. The summed E-state index contributed by atoms with van der Waals surface area (Å²) in [6.07, 6.45) is 0.481. The van der Waals surface area contributed by atoms with Crippen LogP contribution < -0.4 is 0 Å². The Bertz CT molecular complexity index is 548. The highest BCUT2D eigenvalue weighted by Crippen LogP contribution is 2.39. The summed E-state index contributed by atoms with van der Waals surface area (Å²) in [6.45, 7) is 0. The first kappa shape index (κ1) is 13.0. The van der Waals surface area contributed by atoms with Crippen LogP contribution in [-0.2, 0) is 21.1 Å².